The summed E-state index contributed by atoms with van der Waals surface area (Å²) in [6.45, 7) is 1.41. The van der Waals surface area contributed by atoms with Crippen LogP contribution in [-0.4, -0.2) is 32.8 Å². The van der Waals surface area contributed by atoms with Crippen LogP contribution in [0.15, 0.2) is 28.7 Å². The minimum atomic E-state index is -1.34. The van der Waals surface area contributed by atoms with Gasteiger partial charge in [-0.2, -0.15) is 0 Å². The van der Waals surface area contributed by atoms with Gasteiger partial charge in [0.25, 0.3) is 0 Å². The molecule has 17 heavy (non-hydrogen) atoms. The smallest absolute Gasteiger partial charge is 0.239 e. The zero-order chi connectivity index (χ0) is 12.8. The number of carbonyl (C=O) groups excluding carboxylic acids is 1. The predicted molar refractivity (Wildman–Crippen MR) is 72.3 cm³/mol. The van der Waals surface area contributed by atoms with Crippen molar-refractivity contribution >= 4 is 38.3 Å². The first-order valence-electron chi connectivity index (χ1n) is 5.09. The highest BCUT2D eigenvalue weighted by Gasteiger charge is 2.19. The summed E-state index contributed by atoms with van der Waals surface area (Å²) in [5, 5.41) is 10.7. The number of hydrogen-bond acceptors (Lipinski definition) is 3. The molecule has 1 aromatic carbocycles. The summed E-state index contributed by atoms with van der Waals surface area (Å²) in [5.41, 5.74) is 0.658. The maximum atomic E-state index is 11.7. The van der Waals surface area contributed by atoms with Crippen LogP contribution in [0.3, 0.4) is 0 Å². The Labute approximate surface area is 111 Å². The SMILES string of the molecule is CC(C(=O)Nc1ccc(Br)cc1)S(=O)CCO. The van der Waals surface area contributed by atoms with Crippen LogP contribution in [-0.2, 0) is 15.6 Å². The molecule has 1 amide bonds. The molecule has 2 N–H and O–H groups in total. The van der Waals surface area contributed by atoms with E-state index in [0.29, 0.717) is 5.69 Å². The average Bonchev–Trinajstić information content (AvgIpc) is 2.31. The van der Waals surface area contributed by atoms with Crippen LogP contribution in [0.2, 0.25) is 0 Å². The number of benzene rings is 1. The summed E-state index contributed by atoms with van der Waals surface area (Å²) >= 11 is 3.30. The Hall–Kier alpha value is -0.720. The molecule has 0 aliphatic rings. The summed E-state index contributed by atoms with van der Waals surface area (Å²) < 4.78 is 12.4. The number of halogens is 1. The monoisotopic (exact) mass is 319 g/mol. The van der Waals surface area contributed by atoms with Crippen molar-refractivity contribution in [2.45, 2.75) is 12.2 Å². The van der Waals surface area contributed by atoms with Gasteiger partial charge in [-0.25, -0.2) is 0 Å². The van der Waals surface area contributed by atoms with Gasteiger partial charge in [-0.3, -0.25) is 9.00 Å². The molecule has 0 aliphatic carbocycles. The van der Waals surface area contributed by atoms with E-state index < -0.39 is 16.0 Å². The van der Waals surface area contributed by atoms with E-state index in [-0.39, 0.29) is 18.3 Å². The molecule has 0 saturated heterocycles. The molecule has 0 saturated carbocycles. The van der Waals surface area contributed by atoms with E-state index in [1.807, 2.05) is 12.1 Å². The molecule has 1 aromatic rings. The third-order valence-corrected chi connectivity index (χ3v) is 4.28. The summed E-state index contributed by atoms with van der Waals surface area (Å²) in [7, 11) is -1.34. The largest absolute Gasteiger partial charge is 0.395 e. The quantitative estimate of drug-likeness (QED) is 0.864. The van der Waals surface area contributed by atoms with Gasteiger partial charge in [0.05, 0.1) is 6.61 Å². The van der Waals surface area contributed by atoms with Gasteiger partial charge in [0.1, 0.15) is 5.25 Å². The Morgan fingerprint density at radius 3 is 2.59 bits per heavy atom. The molecular weight excluding hydrogens is 306 g/mol. The molecule has 2 atom stereocenters. The van der Waals surface area contributed by atoms with Gasteiger partial charge in [-0.15, -0.1) is 0 Å². The molecule has 6 heteroatoms. The Bertz CT molecular complexity index is 408. The molecule has 1 rings (SSSR count). The normalized spacial score (nSPS) is 14.1. The summed E-state index contributed by atoms with van der Waals surface area (Å²) in [4.78, 5) is 11.7. The second-order valence-corrected chi connectivity index (χ2v) is 6.24. The Morgan fingerprint density at radius 2 is 2.06 bits per heavy atom. The highest BCUT2D eigenvalue weighted by molar-refractivity contribution is 9.10. The number of nitrogens with one attached hydrogen (secondary N) is 1. The highest BCUT2D eigenvalue weighted by Crippen LogP contribution is 2.14. The third kappa shape index (κ3) is 4.57. The van der Waals surface area contributed by atoms with Gasteiger partial charge in [0.2, 0.25) is 5.91 Å². The van der Waals surface area contributed by atoms with E-state index in [1.165, 1.54) is 0 Å². The molecular formula is C11H14BrNO3S. The van der Waals surface area contributed by atoms with Crippen molar-refractivity contribution < 1.29 is 14.1 Å². The zero-order valence-electron chi connectivity index (χ0n) is 9.35. The number of aliphatic hydroxyl groups excluding tert-OH is 1. The van der Waals surface area contributed by atoms with Crippen LogP contribution in [0.5, 0.6) is 0 Å². The zero-order valence-corrected chi connectivity index (χ0v) is 11.8. The first kappa shape index (κ1) is 14.3. The second kappa shape index (κ2) is 6.88. The van der Waals surface area contributed by atoms with Gasteiger partial charge >= 0.3 is 0 Å². The van der Waals surface area contributed by atoms with Crippen LogP contribution < -0.4 is 5.32 Å². The molecule has 0 bridgehead atoms. The minimum absolute atomic E-state index is 0.120. The van der Waals surface area contributed by atoms with Crippen LogP contribution in [0.25, 0.3) is 0 Å². The number of amides is 1. The van der Waals surface area contributed by atoms with E-state index in [1.54, 1.807) is 19.1 Å². The molecule has 94 valence electrons. The number of aliphatic hydroxyl groups is 1. The third-order valence-electron chi connectivity index (χ3n) is 2.17. The Morgan fingerprint density at radius 1 is 1.47 bits per heavy atom. The van der Waals surface area contributed by atoms with E-state index in [4.69, 9.17) is 5.11 Å². The van der Waals surface area contributed by atoms with Gasteiger partial charge in [0.15, 0.2) is 0 Å². The topological polar surface area (TPSA) is 66.4 Å². The maximum absolute atomic E-state index is 11.7. The van der Waals surface area contributed by atoms with Crippen molar-refractivity contribution in [1.82, 2.24) is 0 Å². The number of anilines is 1. The lowest BCUT2D eigenvalue weighted by Gasteiger charge is -2.11. The minimum Gasteiger partial charge on any atom is -0.395 e. The average molecular weight is 320 g/mol. The second-order valence-electron chi connectivity index (χ2n) is 3.45. The fourth-order valence-electron chi connectivity index (χ4n) is 1.16. The van der Waals surface area contributed by atoms with Crippen molar-refractivity contribution in [2.24, 2.45) is 0 Å². The molecule has 4 nitrogen and oxygen atoms in total. The van der Waals surface area contributed by atoms with E-state index in [2.05, 4.69) is 21.2 Å². The van der Waals surface area contributed by atoms with Crippen LogP contribution in [0, 0.1) is 0 Å². The van der Waals surface area contributed by atoms with Gasteiger partial charge in [-0.05, 0) is 31.2 Å². The highest BCUT2D eigenvalue weighted by atomic mass is 79.9. The van der Waals surface area contributed by atoms with Crippen molar-refractivity contribution in [3.05, 3.63) is 28.7 Å². The van der Waals surface area contributed by atoms with Crippen LogP contribution in [0.1, 0.15) is 6.92 Å². The van der Waals surface area contributed by atoms with Gasteiger partial charge in [-0.1, -0.05) is 15.9 Å². The van der Waals surface area contributed by atoms with Crippen molar-refractivity contribution in [3.63, 3.8) is 0 Å². The molecule has 0 spiro atoms. The molecule has 0 aliphatic heterocycles. The number of rotatable bonds is 5. The van der Waals surface area contributed by atoms with Crippen LogP contribution in [0.4, 0.5) is 5.69 Å². The standard InChI is InChI=1S/C11H14BrNO3S/c1-8(17(16)7-6-14)11(15)13-10-4-2-9(12)3-5-10/h2-5,8,14H,6-7H2,1H3,(H,13,15). The van der Waals surface area contributed by atoms with Gasteiger partial charge in [0, 0.05) is 26.7 Å². The van der Waals surface area contributed by atoms with Gasteiger partial charge < -0.3 is 10.4 Å². The van der Waals surface area contributed by atoms with Crippen molar-refractivity contribution in [1.29, 1.82) is 0 Å². The van der Waals surface area contributed by atoms with E-state index in [0.717, 1.165) is 4.47 Å². The molecule has 0 radical (unpaired) electrons. The van der Waals surface area contributed by atoms with Crippen LogP contribution >= 0.6 is 15.9 Å². The fourth-order valence-corrected chi connectivity index (χ4v) is 2.26. The Kier molecular flexibility index (Phi) is 5.80. The first-order chi connectivity index (χ1) is 8.04. The maximum Gasteiger partial charge on any atom is 0.239 e. The van der Waals surface area contributed by atoms with Crippen molar-refractivity contribution in [2.75, 3.05) is 17.7 Å². The predicted octanol–water partition coefficient (Wildman–Crippen LogP) is 1.52. The fraction of sp³-hybridized carbons (Fsp3) is 0.364. The van der Waals surface area contributed by atoms with E-state index >= 15 is 0 Å². The lowest BCUT2D eigenvalue weighted by atomic mass is 10.3. The van der Waals surface area contributed by atoms with Crippen molar-refractivity contribution in [3.8, 4) is 0 Å². The first-order valence-corrected chi connectivity index (χ1v) is 7.26. The lowest BCUT2D eigenvalue weighted by molar-refractivity contribution is -0.115. The Balaban J connectivity index is 2.59. The molecule has 0 aromatic heterocycles. The summed E-state index contributed by atoms with van der Waals surface area (Å²) in [6, 6.07) is 7.13. The van der Waals surface area contributed by atoms with E-state index in [9.17, 15) is 9.00 Å². The number of carbonyl (C=O) groups is 1. The number of hydrogen-bond donors (Lipinski definition) is 2. The molecule has 2 unspecified atom stereocenters. The molecule has 0 heterocycles. The molecule has 0 fully saturated rings. The summed E-state index contributed by atoms with van der Waals surface area (Å²) in [5.74, 6) is -0.186. The lowest BCUT2D eigenvalue weighted by Crippen LogP contribution is -2.30. The summed E-state index contributed by atoms with van der Waals surface area (Å²) in [6.07, 6.45) is 0.